The molecule has 1 amide bonds. The van der Waals surface area contributed by atoms with Gasteiger partial charge in [0.15, 0.2) is 0 Å². The second-order valence-electron chi connectivity index (χ2n) is 5.34. The van der Waals surface area contributed by atoms with Crippen LogP contribution in [0.5, 0.6) is 0 Å². The fourth-order valence-corrected chi connectivity index (χ4v) is 2.96. The van der Waals surface area contributed by atoms with E-state index in [0.29, 0.717) is 16.9 Å². The van der Waals surface area contributed by atoms with Crippen molar-refractivity contribution in [3.63, 3.8) is 0 Å². The van der Waals surface area contributed by atoms with E-state index in [2.05, 4.69) is 25.2 Å². The summed E-state index contributed by atoms with van der Waals surface area (Å²) in [5.41, 5.74) is 2.36. The number of amides is 1. The van der Waals surface area contributed by atoms with E-state index in [1.807, 2.05) is 18.2 Å². The third-order valence-electron chi connectivity index (χ3n) is 3.32. The number of nitrogens with zero attached hydrogens (tertiary/aromatic N) is 3. The Morgan fingerprint density at radius 1 is 1.08 bits per heavy atom. The highest BCUT2D eigenvalue weighted by atomic mass is 32.2. The van der Waals surface area contributed by atoms with Gasteiger partial charge in [0.05, 0.1) is 28.3 Å². The molecule has 0 radical (unpaired) electrons. The van der Waals surface area contributed by atoms with E-state index < -0.39 is 10.0 Å². The largest absolute Gasteiger partial charge is 0.326 e. The number of hydrazone groups is 1. The molecule has 0 aliphatic heterocycles. The van der Waals surface area contributed by atoms with Gasteiger partial charge in [0, 0.05) is 12.6 Å². The van der Waals surface area contributed by atoms with Crippen LogP contribution in [0.15, 0.2) is 64.7 Å². The van der Waals surface area contributed by atoms with Gasteiger partial charge in [0.25, 0.3) is 10.0 Å². The predicted molar refractivity (Wildman–Crippen MR) is 98.2 cm³/mol. The quantitative estimate of drug-likeness (QED) is 0.527. The summed E-state index contributed by atoms with van der Waals surface area (Å²) in [5, 5.41) is 6.30. The second-order valence-corrected chi connectivity index (χ2v) is 7.00. The van der Waals surface area contributed by atoms with E-state index in [1.165, 1.54) is 43.6 Å². The average Bonchev–Trinajstić information content (AvgIpc) is 2.61. The molecule has 0 spiro atoms. The van der Waals surface area contributed by atoms with Crippen LogP contribution in [0.25, 0.3) is 11.0 Å². The molecule has 0 fully saturated rings. The topological polar surface area (TPSA) is 113 Å². The molecule has 26 heavy (non-hydrogen) atoms. The van der Waals surface area contributed by atoms with Crippen molar-refractivity contribution in [2.24, 2.45) is 5.10 Å². The first-order valence-corrected chi connectivity index (χ1v) is 9.07. The average molecular weight is 369 g/mol. The fourth-order valence-electron chi connectivity index (χ4n) is 2.17. The first-order valence-electron chi connectivity index (χ1n) is 7.58. The molecule has 8 nitrogen and oxygen atoms in total. The maximum atomic E-state index is 12.2. The Bertz CT molecular complexity index is 1080. The molecule has 2 N–H and O–H groups in total. The molecule has 0 aliphatic rings. The summed E-state index contributed by atoms with van der Waals surface area (Å²) in [6, 6.07) is 13.1. The lowest BCUT2D eigenvalue weighted by atomic mass is 10.3. The van der Waals surface area contributed by atoms with Crippen molar-refractivity contribution in [3.8, 4) is 0 Å². The van der Waals surface area contributed by atoms with Gasteiger partial charge in [0.2, 0.25) is 5.91 Å². The van der Waals surface area contributed by atoms with Gasteiger partial charge in [-0.3, -0.25) is 9.78 Å². The number of para-hydroxylation sites is 2. The van der Waals surface area contributed by atoms with Gasteiger partial charge in [-0.1, -0.05) is 12.1 Å². The van der Waals surface area contributed by atoms with E-state index in [1.54, 1.807) is 6.07 Å². The number of hydrogen-bond acceptors (Lipinski definition) is 6. The smallest absolute Gasteiger partial charge is 0.276 e. The summed E-state index contributed by atoms with van der Waals surface area (Å²) < 4.78 is 24.4. The van der Waals surface area contributed by atoms with Crippen LogP contribution >= 0.6 is 0 Å². The van der Waals surface area contributed by atoms with Crippen molar-refractivity contribution in [1.82, 2.24) is 14.8 Å². The summed E-state index contributed by atoms with van der Waals surface area (Å²) in [6.07, 6.45) is 2.78. The third-order valence-corrected chi connectivity index (χ3v) is 4.56. The Kier molecular flexibility index (Phi) is 4.90. The summed E-state index contributed by atoms with van der Waals surface area (Å²) in [4.78, 5) is 21.7. The number of hydrogen-bond donors (Lipinski definition) is 2. The predicted octanol–water partition coefficient (Wildman–Crippen LogP) is 1.90. The molecule has 9 heteroatoms. The molecule has 0 saturated carbocycles. The van der Waals surface area contributed by atoms with Crippen molar-refractivity contribution >= 4 is 38.9 Å². The van der Waals surface area contributed by atoms with Crippen molar-refractivity contribution in [3.05, 3.63) is 60.4 Å². The first kappa shape index (κ1) is 17.5. The molecular weight excluding hydrogens is 354 g/mol. The molecule has 0 saturated heterocycles. The highest BCUT2D eigenvalue weighted by Gasteiger charge is 2.12. The normalized spacial score (nSPS) is 11.6. The number of nitrogens with one attached hydrogen (secondary N) is 2. The van der Waals surface area contributed by atoms with Gasteiger partial charge in [-0.05, 0) is 36.4 Å². The Balaban J connectivity index is 1.72. The minimum atomic E-state index is -3.83. The lowest BCUT2D eigenvalue weighted by Gasteiger charge is -2.05. The summed E-state index contributed by atoms with van der Waals surface area (Å²) in [6.45, 7) is 1.37. The van der Waals surface area contributed by atoms with Crippen molar-refractivity contribution in [2.45, 2.75) is 11.8 Å². The number of carbonyl (C=O) groups excluding carboxylic acids is 1. The van der Waals surface area contributed by atoms with Crippen LogP contribution in [-0.4, -0.2) is 30.5 Å². The van der Waals surface area contributed by atoms with Crippen LogP contribution in [-0.2, 0) is 14.8 Å². The number of aromatic nitrogens is 2. The maximum absolute atomic E-state index is 12.2. The SMILES string of the molecule is CC(=O)Nc1ccc(S(=O)(=O)N/N=C\c2cnc3ccccc3n2)cc1. The first-order chi connectivity index (χ1) is 12.4. The zero-order valence-corrected chi connectivity index (χ0v) is 14.6. The number of anilines is 1. The Morgan fingerprint density at radius 2 is 1.77 bits per heavy atom. The van der Waals surface area contributed by atoms with Gasteiger partial charge in [-0.15, -0.1) is 0 Å². The van der Waals surface area contributed by atoms with Gasteiger partial charge in [-0.25, -0.2) is 9.82 Å². The van der Waals surface area contributed by atoms with Crippen LogP contribution in [0.3, 0.4) is 0 Å². The Morgan fingerprint density at radius 3 is 2.46 bits per heavy atom. The zero-order chi connectivity index (χ0) is 18.6. The van der Waals surface area contributed by atoms with Crippen LogP contribution in [0.1, 0.15) is 12.6 Å². The molecule has 3 rings (SSSR count). The molecule has 3 aromatic rings. The molecule has 1 aromatic heterocycles. The number of carbonyl (C=O) groups is 1. The second kappa shape index (κ2) is 7.28. The number of fused-ring (bicyclic) bond motifs is 1. The number of sulfonamides is 1. The summed E-state index contributed by atoms with van der Waals surface area (Å²) in [7, 11) is -3.83. The van der Waals surface area contributed by atoms with Crippen LogP contribution in [0, 0.1) is 0 Å². The van der Waals surface area contributed by atoms with Gasteiger partial charge >= 0.3 is 0 Å². The van der Waals surface area contributed by atoms with E-state index in [0.717, 1.165) is 5.52 Å². The van der Waals surface area contributed by atoms with Gasteiger partial charge < -0.3 is 5.32 Å². The Hall–Kier alpha value is -3.33. The molecular formula is C17H15N5O3S. The molecule has 1 heterocycles. The van der Waals surface area contributed by atoms with Crippen molar-refractivity contribution in [1.29, 1.82) is 0 Å². The van der Waals surface area contributed by atoms with Crippen molar-refractivity contribution < 1.29 is 13.2 Å². The summed E-state index contributed by atoms with van der Waals surface area (Å²) in [5.74, 6) is -0.236. The van der Waals surface area contributed by atoms with Crippen LogP contribution in [0.2, 0.25) is 0 Å². The molecule has 132 valence electrons. The standard InChI is InChI=1S/C17H15N5O3S/c1-12(23)20-13-6-8-15(9-7-13)26(24,25)22-19-11-14-10-18-16-4-2-3-5-17(16)21-14/h2-11,22H,1H3,(H,20,23)/b19-11-. The van der Waals surface area contributed by atoms with E-state index in [4.69, 9.17) is 0 Å². The minimum Gasteiger partial charge on any atom is -0.326 e. The van der Waals surface area contributed by atoms with Gasteiger partial charge in [-0.2, -0.15) is 13.5 Å². The van der Waals surface area contributed by atoms with Crippen molar-refractivity contribution in [2.75, 3.05) is 5.32 Å². The van der Waals surface area contributed by atoms with Crippen LogP contribution in [0.4, 0.5) is 5.69 Å². The van der Waals surface area contributed by atoms with E-state index in [-0.39, 0.29) is 10.8 Å². The number of rotatable bonds is 5. The van der Waals surface area contributed by atoms with E-state index in [9.17, 15) is 13.2 Å². The third kappa shape index (κ3) is 4.19. The van der Waals surface area contributed by atoms with Gasteiger partial charge in [0.1, 0.15) is 5.69 Å². The molecule has 0 bridgehead atoms. The molecule has 2 aromatic carbocycles. The minimum absolute atomic E-state index is 0.0216. The molecule has 0 unspecified atom stereocenters. The van der Waals surface area contributed by atoms with E-state index >= 15 is 0 Å². The highest BCUT2D eigenvalue weighted by Crippen LogP contribution is 2.14. The fraction of sp³-hybridized carbons (Fsp3) is 0.0588. The molecule has 0 aliphatic carbocycles. The van der Waals surface area contributed by atoms with Crippen LogP contribution < -0.4 is 10.1 Å². The Labute approximate surface area is 150 Å². The lowest BCUT2D eigenvalue weighted by Crippen LogP contribution is -2.18. The number of benzene rings is 2. The maximum Gasteiger partial charge on any atom is 0.276 e. The monoisotopic (exact) mass is 369 g/mol. The highest BCUT2D eigenvalue weighted by molar-refractivity contribution is 7.89. The summed E-state index contributed by atoms with van der Waals surface area (Å²) >= 11 is 0. The lowest BCUT2D eigenvalue weighted by molar-refractivity contribution is -0.114. The zero-order valence-electron chi connectivity index (χ0n) is 13.7. The molecule has 0 atom stereocenters.